The molecular weight excluding hydrogens is 629 g/mol. The summed E-state index contributed by atoms with van der Waals surface area (Å²) in [7, 11) is -4.20. The Bertz CT molecular complexity index is 1530. The Balaban J connectivity index is 2.07. The zero-order valence-corrected chi connectivity index (χ0v) is 28.2. The van der Waals surface area contributed by atoms with Crippen molar-refractivity contribution >= 4 is 62.5 Å². The van der Waals surface area contributed by atoms with Crippen LogP contribution in [0.4, 0.5) is 5.69 Å². The smallest absolute Gasteiger partial charge is 0.264 e. The number of sulfonamides is 1. The second kappa shape index (κ2) is 14.7. The van der Waals surface area contributed by atoms with Crippen molar-refractivity contribution in [3.63, 3.8) is 0 Å². The van der Waals surface area contributed by atoms with Gasteiger partial charge in [0.15, 0.2) is 0 Å². The second-order valence-corrected chi connectivity index (χ2v) is 14.4. The third-order valence-corrected chi connectivity index (χ3v) is 9.50. The number of hydrogen-bond acceptors (Lipinski definition) is 6. The highest BCUT2D eigenvalue weighted by molar-refractivity contribution is 7.98. The molecule has 8 nitrogen and oxygen atoms in total. The first-order valence-corrected chi connectivity index (χ1v) is 17.0. The van der Waals surface area contributed by atoms with Crippen LogP contribution in [-0.2, 0) is 26.2 Å². The molecule has 0 saturated heterocycles. The maximum atomic E-state index is 14.1. The molecule has 0 aliphatic carbocycles. The van der Waals surface area contributed by atoms with Crippen molar-refractivity contribution in [1.82, 2.24) is 10.2 Å². The number of thioether (sulfide) groups is 1. The fraction of sp³-hybridized carbons (Fsp3) is 0.355. The first-order chi connectivity index (χ1) is 20.2. The summed E-state index contributed by atoms with van der Waals surface area (Å²) in [6, 6.07) is 16.8. The molecule has 0 fully saturated rings. The van der Waals surface area contributed by atoms with Gasteiger partial charge < -0.3 is 15.0 Å². The molecule has 43 heavy (non-hydrogen) atoms. The predicted molar refractivity (Wildman–Crippen MR) is 175 cm³/mol. The molecule has 1 atom stereocenters. The van der Waals surface area contributed by atoms with Crippen LogP contribution in [0.5, 0.6) is 5.75 Å². The molecule has 0 radical (unpaired) electrons. The molecule has 0 heterocycles. The number of anilines is 1. The Morgan fingerprint density at radius 3 is 2.16 bits per heavy atom. The van der Waals surface area contributed by atoms with E-state index in [-0.39, 0.29) is 17.1 Å². The molecular formula is C31H37Cl2N3O5S2. The maximum absolute atomic E-state index is 14.1. The van der Waals surface area contributed by atoms with Gasteiger partial charge in [-0.15, -0.1) is 11.8 Å². The highest BCUT2D eigenvalue weighted by atomic mass is 35.5. The largest absolute Gasteiger partial charge is 0.494 e. The molecule has 1 N–H and O–H groups in total. The fourth-order valence-electron chi connectivity index (χ4n) is 4.17. The van der Waals surface area contributed by atoms with E-state index in [2.05, 4.69) is 5.32 Å². The summed E-state index contributed by atoms with van der Waals surface area (Å²) in [5, 5.41) is 3.64. The summed E-state index contributed by atoms with van der Waals surface area (Å²) in [6.07, 6.45) is 1.90. The molecule has 0 spiro atoms. The monoisotopic (exact) mass is 665 g/mol. The average Bonchev–Trinajstić information content (AvgIpc) is 2.95. The van der Waals surface area contributed by atoms with E-state index in [1.54, 1.807) is 61.5 Å². The second-order valence-electron chi connectivity index (χ2n) is 10.8. The van der Waals surface area contributed by atoms with Gasteiger partial charge in [0.25, 0.3) is 10.0 Å². The van der Waals surface area contributed by atoms with Crippen molar-refractivity contribution in [1.29, 1.82) is 0 Å². The Morgan fingerprint density at radius 2 is 1.63 bits per heavy atom. The topological polar surface area (TPSA) is 96.0 Å². The minimum Gasteiger partial charge on any atom is -0.494 e. The first kappa shape index (κ1) is 34.6. The average molecular weight is 667 g/mol. The summed E-state index contributed by atoms with van der Waals surface area (Å²) < 4.78 is 34.7. The number of benzene rings is 3. The Labute approximate surface area is 268 Å². The van der Waals surface area contributed by atoms with Crippen molar-refractivity contribution in [2.45, 2.75) is 62.5 Å². The minimum atomic E-state index is -4.20. The lowest BCUT2D eigenvalue weighted by molar-refractivity contribution is -0.140. The van der Waals surface area contributed by atoms with Crippen molar-refractivity contribution in [3.8, 4) is 5.75 Å². The van der Waals surface area contributed by atoms with Crippen LogP contribution in [0.15, 0.2) is 76.5 Å². The van der Waals surface area contributed by atoms with Crippen LogP contribution >= 0.6 is 35.0 Å². The third kappa shape index (κ3) is 9.28. The van der Waals surface area contributed by atoms with E-state index in [4.69, 9.17) is 27.9 Å². The molecule has 12 heteroatoms. The predicted octanol–water partition coefficient (Wildman–Crippen LogP) is 6.64. The number of nitrogens with zero attached hydrogens (tertiary/aromatic N) is 2. The summed E-state index contributed by atoms with van der Waals surface area (Å²) in [5.74, 6) is -0.430. The number of nitrogens with one attached hydrogen (secondary N) is 1. The van der Waals surface area contributed by atoms with Gasteiger partial charge in [-0.3, -0.25) is 13.9 Å². The fourth-order valence-corrected chi connectivity index (χ4v) is 6.46. The molecule has 232 valence electrons. The normalized spacial score (nSPS) is 12.4. The number of rotatable bonds is 12. The third-order valence-electron chi connectivity index (χ3n) is 6.38. The lowest BCUT2D eigenvalue weighted by atomic mass is 10.1. The van der Waals surface area contributed by atoms with Crippen molar-refractivity contribution in [2.24, 2.45) is 0 Å². The number of ether oxygens (including phenoxy) is 1. The van der Waals surface area contributed by atoms with Gasteiger partial charge >= 0.3 is 0 Å². The quantitative estimate of drug-likeness (QED) is 0.218. The molecule has 0 unspecified atom stereocenters. The minimum absolute atomic E-state index is 0.0257. The van der Waals surface area contributed by atoms with Crippen LogP contribution in [0.1, 0.15) is 40.2 Å². The SMILES string of the molecule is CCOc1ccc(N(CC(=O)N(Cc2ccc(Cl)cc2Cl)[C@@H](C)C(=O)NC(C)(C)C)S(=O)(=O)c2ccc(SC)cc2)cc1. The van der Waals surface area contributed by atoms with E-state index in [0.29, 0.717) is 28.0 Å². The van der Waals surface area contributed by atoms with Gasteiger partial charge in [-0.05, 0) is 107 Å². The van der Waals surface area contributed by atoms with Crippen LogP contribution in [0, 0.1) is 0 Å². The molecule has 0 aliphatic rings. The van der Waals surface area contributed by atoms with E-state index >= 15 is 0 Å². The van der Waals surface area contributed by atoms with E-state index in [0.717, 1.165) is 9.20 Å². The molecule has 3 aromatic carbocycles. The number of carbonyl (C=O) groups excluding carboxylic acids is 2. The highest BCUT2D eigenvalue weighted by Gasteiger charge is 2.33. The van der Waals surface area contributed by atoms with Gasteiger partial charge in [0.2, 0.25) is 11.8 Å². The van der Waals surface area contributed by atoms with Gasteiger partial charge in [-0.2, -0.15) is 0 Å². The van der Waals surface area contributed by atoms with Crippen LogP contribution < -0.4 is 14.4 Å². The number of halogens is 2. The molecule has 3 rings (SSSR count). The van der Waals surface area contributed by atoms with Crippen LogP contribution in [0.25, 0.3) is 0 Å². The van der Waals surface area contributed by atoms with Crippen molar-refractivity contribution < 1.29 is 22.7 Å². The summed E-state index contributed by atoms with van der Waals surface area (Å²) in [6.45, 7) is 8.78. The van der Waals surface area contributed by atoms with Crippen LogP contribution in [0.2, 0.25) is 10.0 Å². The van der Waals surface area contributed by atoms with Gasteiger partial charge in [0.05, 0.1) is 17.2 Å². The lowest BCUT2D eigenvalue weighted by Crippen LogP contribution is -2.54. The summed E-state index contributed by atoms with van der Waals surface area (Å²) in [5.41, 5.74) is 0.262. The Kier molecular flexibility index (Phi) is 11.8. The van der Waals surface area contributed by atoms with Crippen molar-refractivity contribution in [3.05, 3.63) is 82.3 Å². The zero-order chi connectivity index (χ0) is 31.9. The maximum Gasteiger partial charge on any atom is 0.264 e. The number of amides is 2. The van der Waals surface area contributed by atoms with Gasteiger partial charge in [0.1, 0.15) is 18.3 Å². The zero-order valence-electron chi connectivity index (χ0n) is 25.1. The Hall–Kier alpha value is -2.92. The molecule has 0 aliphatic heterocycles. The van der Waals surface area contributed by atoms with E-state index in [1.165, 1.54) is 28.8 Å². The van der Waals surface area contributed by atoms with Crippen LogP contribution in [-0.4, -0.2) is 56.1 Å². The summed E-state index contributed by atoms with van der Waals surface area (Å²) in [4.78, 5) is 29.6. The molecule has 3 aromatic rings. The van der Waals surface area contributed by atoms with E-state index in [1.807, 2.05) is 34.0 Å². The molecule has 0 bridgehead atoms. The van der Waals surface area contributed by atoms with Gasteiger partial charge in [-0.1, -0.05) is 29.3 Å². The van der Waals surface area contributed by atoms with Crippen LogP contribution in [0.3, 0.4) is 0 Å². The number of hydrogen-bond donors (Lipinski definition) is 1. The Morgan fingerprint density at radius 1 is 1.00 bits per heavy atom. The summed E-state index contributed by atoms with van der Waals surface area (Å²) >= 11 is 14.0. The highest BCUT2D eigenvalue weighted by Crippen LogP contribution is 2.29. The van der Waals surface area contributed by atoms with Gasteiger partial charge in [0, 0.05) is 27.0 Å². The molecule has 2 amide bonds. The van der Waals surface area contributed by atoms with Crippen molar-refractivity contribution in [2.75, 3.05) is 23.7 Å². The standard InChI is InChI=1S/C31H37Cl2N3O5S2/c1-7-41-25-12-10-24(11-13-25)36(43(39,40)27-16-14-26(42-6)15-17-27)20-29(37)35(21(2)30(38)34-31(3,4)5)19-22-8-9-23(32)18-28(22)33/h8-18,21H,7,19-20H2,1-6H3,(H,34,38)/t21-/m0/s1. The van der Waals surface area contributed by atoms with Gasteiger partial charge in [-0.25, -0.2) is 8.42 Å². The lowest BCUT2D eigenvalue weighted by Gasteiger charge is -2.33. The van der Waals surface area contributed by atoms with E-state index < -0.39 is 40.0 Å². The molecule has 0 aromatic heterocycles. The molecule has 0 saturated carbocycles. The number of carbonyl (C=O) groups is 2. The van der Waals surface area contributed by atoms with E-state index in [9.17, 15) is 18.0 Å². The first-order valence-electron chi connectivity index (χ1n) is 13.6.